The molecule has 0 atom stereocenters. The molecule has 0 saturated heterocycles. The van der Waals surface area contributed by atoms with Crippen molar-refractivity contribution in [1.29, 1.82) is 0 Å². The highest BCUT2D eigenvalue weighted by atomic mass is 32.2. The molecular formula is C15H23NOS. The molecule has 100 valence electrons. The zero-order valence-corrected chi connectivity index (χ0v) is 12.8. The summed E-state index contributed by atoms with van der Waals surface area (Å²) in [6.07, 6.45) is 0. The summed E-state index contributed by atoms with van der Waals surface area (Å²) in [6.45, 7) is 11.2. The smallest absolute Gasteiger partial charge is 0.251 e. The van der Waals surface area contributed by atoms with E-state index in [1.165, 1.54) is 0 Å². The number of aryl methyl sites for hydroxylation is 2. The summed E-state index contributed by atoms with van der Waals surface area (Å²) in [6, 6.07) is 5.97. The maximum atomic E-state index is 12.0. The molecule has 0 spiro atoms. The van der Waals surface area contributed by atoms with E-state index in [4.69, 9.17) is 0 Å². The average molecular weight is 265 g/mol. The van der Waals surface area contributed by atoms with Gasteiger partial charge in [-0.3, -0.25) is 4.79 Å². The predicted octanol–water partition coefficient (Wildman–Crippen LogP) is 3.56. The molecule has 3 heteroatoms. The number of nitrogens with one attached hydrogen (secondary N) is 1. The first-order chi connectivity index (χ1) is 8.29. The molecule has 18 heavy (non-hydrogen) atoms. The van der Waals surface area contributed by atoms with Crippen LogP contribution in [0, 0.1) is 13.8 Å². The van der Waals surface area contributed by atoms with Crippen LogP contribution in [0.3, 0.4) is 0 Å². The minimum absolute atomic E-state index is 0.0331. The molecule has 1 aromatic carbocycles. The maximum absolute atomic E-state index is 12.0. The lowest BCUT2D eigenvalue weighted by atomic mass is 10.1. The fourth-order valence-electron chi connectivity index (χ4n) is 1.60. The molecule has 0 saturated carbocycles. The zero-order chi connectivity index (χ0) is 13.8. The molecule has 0 aliphatic heterocycles. The van der Waals surface area contributed by atoms with Crippen LogP contribution in [0.25, 0.3) is 0 Å². The van der Waals surface area contributed by atoms with E-state index in [0.29, 0.717) is 6.54 Å². The molecule has 1 rings (SSSR count). The number of hydrogen-bond donors (Lipinski definition) is 1. The van der Waals surface area contributed by atoms with Crippen LogP contribution in [-0.4, -0.2) is 23.0 Å². The highest BCUT2D eigenvalue weighted by Crippen LogP contribution is 2.22. The van der Waals surface area contributed by atoms with Gasteiger partial charge in [0.1, 0.15) is 0 Å². The number of rotatable bonds is 4. The van der Waals surface area contributed by atoms with Gasteiger partial charge in [0.2, 0.25) is 0 Å². The Labute approximate surface area is 115 Å². The van der Waals surface area contributed by atoms with Crippen LogP contribution < -0.4 is 5.32 Å². The molecule has 1 amide bonds. The SMILES string of the molecule is Cc1ccc(C)c(C(=O)NCCSC(C)(C)C)c1. The standard InChI is InChI=1S/C15H23NOS/c1-11-6-7-12(2)13(10-11)14(17)16-8-9-18-15(3,4)5/h6-7,10H,8-9H2,1-5H3,(H,16,17). The van der Waals surface area contributed by atoms with Crippen molar-refractivity contribution < 1.29 is 4.79 Å². The van der Waals surface area contributed by atoms with Gasteiger partial charge in [-0.15, -0.1) is 0 Å². The lowest BCUT2D eigenvalue weighted by Crippen LogP contribution is -2.27. The Kier molecular flexibility index (Phi) is 5.27. The highest BCUT2D eigenvalue weighted by Gasteiger charge is 2.11. The van der Waals surface area contributed by atoms with Crippen molar-refractivity contribution >= 4 is 17.7 Å². The fraction of sp³-hybridized carbons (Fsp3) is 0.533. The molecular weight excluding hydrogens is 242 g/mol. The van der Waals surface area contributed by atoms with E-state index in [1.54, 1.807) is 0 Å². The van der Waals surface area contributed by atoms with Crippen LogP contribution >= 0.6 is 11.8 Å². The monoisotopic (exact) mass is 265 g/mol. The lowest BCUT2D eigenvalue weighted by Gasteiger charge is -2.17. The third kappa shape index (κ3) is 5.13. The third-order valence-corrected chi connectivity index (χ3v) is 3.83. The summed E-state index contributed by atoms with van der Waals surface area (Å²) in [7, 11) is 0. The quantitative estimate of drug-likeness (QED) is 0.843. The van der Waals surface area contributed by atoms with E-state index < -0.39 is 0 Å². The highest BCUT2D eigenvalue weighted by molar-refractivity contribution is 8.00. The van der Waals surface area contributed by atoms with Crippen molar-refractivity contribution in [3.8, 4) is 0 Å². The van der Waals surface area contributed by atoms with Gasteiger partial charge < -0.3 is 5.32 Å². The molecule has 0 radical (unpaired) electrons. The van der Waals surface area contributed by atoms with Gasteiger partial charge in [-0.25, -0.2) is 0 Å². The van der Waals surface area contributed by atoms with Crippen LogP contribution in [0.15, 0.2) is 18.2 Å². The first-order valence-corrected chi connectivity index (χ1v) is 7.27. The topological polar surface area (TPSA) is 29.1 Å². The summed E-state index contributed by atoms with van der Waals surface area (Å²) in [5, 5.41) is 2.98. The molecule has 0 aliphatic carbocycles. The molecule has 0 heterocycles. The molecule has 0 aromatic heterocycles. The van der Waals surface area contributed by atoms with Gasteiger partial charge in [0, 0.05) is 22.6 Å². The minimum Gasteiger partial charge on any atom is -0.351 e. The van der Waals surface area contributed by atoms with Crippen molar-refractivity contribution in [3.05, 3.63) is 34.9 Å². The Morgan fingerprint density at radius 3 is 2.56 bits per heavy atom. The van der Waals surface area contributed by atoms with Gasteiger partial charge in [-0.2, -0.15) is 11.8 Å². The van der Waals surface area contributed by atoms with E-state index in [9.17, 15) is 4.79 Å². The second-order valence-electron chi connectivity index (χ2n) is 5.54. The Morgan fingerprint density at radius 1 is 1.28 bits per heavy atom. The molecule has 1 aromatic rings. The lowest BCUT2D eigenvalue weighted by molar-refractivity contribution is 0.0955. The van der Waals surface area contributed by atoms with E-state index in [2.05, 4.69) is 26.1 Å². The Hall–Kier alpha value is -0.960. The van der Waals surface area contributed by atoms with Crippen molar-refractivity contribution in [3.63, 3.8) is 0 Å². The van der Waals surface area contributed by atoms with Gasteiger partial charge in [0.25, 0.3) is 5.91 Å². The van der Waals surface area contributed by atoms with E-state index in [-0.39, 0.29) is 10.7 Å². The Morgan fingerprint density at radius 2 is 1.94 bits per heavy atom. The van der Waals surface area contributed by atoms with Crippen molar-refractivity contribution in [1.82, 2.24) is 5.32 Å². The Balaban J connectivity index is 2.48. The molecule has 0 bridgehead atoms. The largest absolute Gasteiger partial charge is 0.351 e. The van der Waals surface area contributed by atoms with Crippen LogP contribution in [0.4, 0.5) is 0 Å². The van der Waals surface area contributed by atoms with Gasteiger partial charge in [0.15, 0.2) is 0 Å². The van der Waals surface area contributed by atoms with Crippen molar-refractivity contribution in [2.24, 2.45) is 0 Å². The fourth-order valence-corrected chi connectivity index (χ4v) is 2.41. The molecule has 0 fully saturated rings. The average Bonchev–Trinajstić information content (AvgIpc) is 2.26. The number of carbonyl (C=O) groups excluding carboxylic acids is 1. The number of hydrogen-bond acceptors (Lipinski definition) is 2. The summed E-state index contributed by atoms with van der Waals surface area (Å²) in [4.78, 5) is 12.0. The first-order valence-electron chi connectivity index (χ1n) is 6.29. The first kappa shape index (κ1) is 15.1. The Bertz CT molecular complexity index is 421. The number of amides is 1. The molecule has 0 unspecified atom stereocenters. The number of thioether (sulfide) groups is 1. The van der Waals surface area contributed by atoms with Crippen LogP contribution in [0.5, 0.6) is 0 Å². The van der Waals surface area contributed by atoms with Crippen LogP contribution in [0.1, 0.15) is 42.3 Å². The van der Waals surface area contributed by atoms with Gasteiger partial charge in [0.05, 0.1) is 0 Å². The van der Waals surface area contributed by atoms with Gasteiger partial charge in [-0.1, -0.05) is 38.5 Å². The van der Waals surface area contributed by atoms with E-state index >= 15 is 0 Å². The second kappa shape index (κ2) is 6.28. The second-order valence-corrected chi connectivity index (χ2v) is 7.46. The van der Waals surface area contributed by atoms with Crippen molar-refractivity contribution in [2.75, 3.05) is 12.3 Å². The molecule has 2 nitrogen and oxygen atoms in total. The molecule has 1 N–H and O–H groups in total. The molecule has 0 aliphatic rings. The number of carbonyl (C=O) groups is 1. The predicted molar refractivity (Wildman–Crippen MR) is 80.5 cm³/mol. The minimum atomic E-state index is 0.0331. The summed E-state index contributed by atoms with van der Waals surface area (Å²) in [5.41, 5.74) is 2.94. The maximum Gasteiger partial charge on any atom is 0.251 e. The van der Waals surface area contributed by atoms with Crippen LogP contribution in [-0.2, 0) is 0 Å². The van der Waals surface area contributed by atoms with Gasteiger partial charge >= 0.3 is 0 Å². The summed E-state index contributed by atoms with van der Waals surface area (Å²) < 4.78 is 0.254. The summed E-state index contributed by atoms with van der Waals surface area (Å²) >= 11 is 1.86. The van der Waals surface area contributed by atoms with Crippen LogP contribution in [0.2, 0.25) is 0 Å². The number of benzene rings is 1. The normalized spacial score (nSPS) is 11.4. The van der Waals surface area contributed by atoms with E-state index in [1.807, 2.05) is 43.8 Å². The summed E-state index contributed by atoms with van der Waals surface area (Å²) in [5.74, 6) is 0.978. The van der Waals surface area contributed by atoms with Gasteiger partial charge in [-0.05, 0) is 25.5 Å². The van der Waals surface area contributed by atoms with E-state index in [0.717, 1.165) is 22.4 Å². The zero-order valence-electron chi connectivity index (χ0n) is 12.0. The third-order valence-electron chi connectivity index (χ3n) is 2.56. The van der Waals surface area contributed by atoms with Crippen molar-refractivity contribution in [2.45, 2.75) is 39.4 Å².